The van der Waals surface area contributed by atoms with Gasteiger partial charge in [0.2, 0.25) is 0 Å². The summed E-state index contributed by atoms with van der Waals surface area (Å²) in [5, 5.41) is 12.1. The van der Waals surface area contributed by atoms with E-state index < -0.39 is 28.9 Å². The molecule has 1 aliphatic heterocycles. The summed E-state index contributed by atoms with van der Waals surface area (Å²) < 4.78 is 47.6. The fraction of sp³-hybridized carbons (Fsp3) is 0.286. The third kappa shape index (κ3) is 5.05. The summed E-state index contributed by atoms with van der Waals surface area (Å²) in [5.74, 6) is -1.73. The Kier molecular flexibility index (Phi) is 7.03. The number of benzene rings is 3. The molecule has 3 aromatic rings. The van der Waals surface area contributed by atoms with Crippen molar-refractivity contribution in [3.05, 3.63) is 81.9 Å². The highest BCUT2D eigenvalue weighted by atomic mass is 35.5. The molecule has 1 amide bonds. The van der Waals surface area contributed by atoms with Gasteiger partial charge in [0.25, 0.3) is 0 Å². The van der Waals surface area contributed by atoms with Crippen LogP contribution in [-0.2, 0) is 16.8 Å². The second-order valence-electron chi connectivity index (χ2n) is 9.73. The van der Waals surface area contributed by atoms with E-state index in [1.54, 1.807) is 24.3 Å². The number of methoxy groups -OCH3 is 1. The van der Waals surface area contributed by atoms with Gasteiger partial charge >= 0.3 is 6.09 Å². The van der Waals surface area contributed by atoms with E-state index in [1.807, 2.05) is 32.9 Å². The number of nitrogens with zero attached hydrogens (tertiary/aromatic N) is 1. The van der Waals surface area contributed by atoms with Gasteiger partial charge in [0.15, 0.2) is 17.2 Å². The number of carbonyl (C=O) groups excluding carboxylic acids is 1. The van der Waals surface area contributed by atoms with Gasteiger partial charge in [-0.2, -0.15) is 5.26 Å². The number of carbonyl (C=O) groups is 1. The van der Waals surface area contributed by atoms with Crippen molar-refractivity contribution in [2.45, 2.75) is 38.3 Å². The lowest BCUT2D eigenvalue weighted by molar-refractivity contribution is 0.0101. The van der Waals surface area contributed by atoms with Crippen LogP contribution in [0, 0.1) is 23.0 Å². The number of rotatable bonds is 5. The van der Waals surface area contributed by atoms with Crippen LogP contribution in [0.2, 0.25) is 5.02 Å². The Morgan fingerprint density at radius 3 is 2.51 bits per heavy atom. The first-order chi connectivity index (χ1) is 17.5. The first-order valence-electron chi connectivity index (χ1n) is 11.5. The minimum atomic E-state index is -1.26. The molecule has 3 aromatic carbocycles. The second-order valence-corrected chi connectivity index (χ2v) is 10.1. The lowest BCUT2D eigenvalue weighted by Gasteiger charge is -2.30. The van der Waals surface area contributed by atoms with E-state index in [9.17, 15) is 10.1 Å². The molecular formula is C28H25ClF2N2O4. The molecule has 9 heteroatoms. The van der Waals surface area contributed by atoms with Gasteiger partial charge < -0.3 is 19.5 Å². The number of hydrogen-bond acceptors (Lipinski definition) is 5. The van der Waals surface area contributed by atoms with Crippen molar-refractivity contribution in [2.75, 3.05) is 13.7 Å². The minimum absolute atomic E-state index is 0.0124. The Bertz CT molecular complexity index is 1400. The third-order valence-electron chi connectivity index (χ3n) is 5.96. The Hall–Kier alpha value is -3.83. The van der Waals surface area contributed by atoms with Crippen LogP contribution in [0.5, 0.6) is 11.5 Å². The zero-order chi connectivity index (χ0) is 27.0. The maximum Gasteiger partial charge on any atom is 0.407 e. The quantitative estimate of drug-likeness (QED) is 0.409. The van der Waals surface area contributed by atoms with Crippen LogP contribution in [0.3, 0.4) is 0 Å². The smallest absolute Gasteiger partial charge is 0.407 e. The van der Waals surface area contributed by atoms with E-state index in [-0.39, 0.29) is 46.2 Å². The average Bonchev–Trinajstić information content (AvgIpc) is 3.22. The molecule has 0 saturated carbocycles. The number of amides is 1. The number of hydrogen-bond donors (Lipinski definition) is 1. The SMILES string of the molecule is COc1ccc(C#N)c(-c2c(Cl)c(F)cc3c2CC(COC(=O)NC(C)(C)C)(c2ccccc2)O3)c1F. The van der Waals surface area contributed by atoms with Crippen molar-refractivity contribution in [1.82, 2.24) is 5.32 Å². The Labute approximate surface area is 218 Å². The number of ether oxygens (including phenoxy) is 3. The predicted octanol–water partition coefficient (Wildman–Crippen LogP) is 6.52. The van der Waals surface area contributed by atoms with Crippen LogP contribution in [0.25, 0.3) is 11.1 Å². The average molecular weight is 527 g/mol. The van der Waals surface area contributed by atoms with Gasteiger partial charge in [-0.3, -0.25) is 0 Å². The third-order valence-corrected chi connectivity index (χ3v) is 6.33. The fourth-order valence-corrected chi connectivity index (χ4v) is 4.61. The molecule has 0 radical (unpaired) electrons. The topological polar surface area (TPSA) is 80.6 Å². The van der Waals surface area contributed by atoms with E-state index in [0.717, 1.165) is 6.07 Å². The molecule has 0 aromatic heterocycles. The Balaban J connectivity index is 1.87. The standard InChI is InChI=1S/C28H25ClF2N2O4/c1-27(2,3)33-26(34)36-15-28(17-8-6-5-7-9-17)13-18-21(37-28)12-19(30)24(29)23(18)22-16(14-32)10-11-20(35-4)25(22)31/h5-12H,13,15H2,1-4H3,(H,33,34). The first-order valence-corrected chi connectivity index (χ1v) is 11.8. The van der Waals surface area contributed by atoms with Crippen molar-refractivity contribution >= 4 is 17.7 Å². The second kappa shape index (κ2) is 9.91. The maximum absolute atomic E-state index is 15.5. The zero-order valence-corrected chi connectivity index (χ0v) is 21.5. The molecule has 0 saturated heterocycles. The van der Waals surface area contributed by atoms with E-state index in [1.165, 1.54) is 19.2 Å². The van der Waals surface area contributed by atoms with Gasteiger partial charge in [-0.25, -0.2) is 13.6 Å². The number of nitrogens with one attached hydrogen (secondary N) is 1. The number of alkyl carbamates (subject to hydrolysis) is 1. The molecule has 1 unspecified atom stereocenters. The number of nitriles is 1. The van der Waals surface area contributed by atoms with Crippen molar-refractivity contribution in [3.8, 4) is 28.7 Å². The molecule has 1 N–H and O–H groups in total. The summed E-state index contributed by atoms with van der Waals surface area (Å²) in [4.78, 5) is 12.5. The fourth-order valence-electron chi connectivity index (χ4n) is 4.34. The van der Waals surface area contributed by atoms with Crippen molar-refractivity contribution in [1.29, 1.82) is 5.26 Å². The van der Waals surface area contributed by atoms with Gasteiger partial charge in [-0.1, -0.05) is 41.9 Å². The van der Waals surface area contributed by atoms with Crippen LogP contribution in [0.4, 0.5) is 13.6 Å². The van der Waals surface area contributed by atoms with Crippen molar-refractivity contribution in [2.24, 2.45) is 0 Å². The zero-order valence-electron chi connectivity index (χ0n) is 20.7. The van der Waals surface area contributed by atoms with E-state index >= 15 is 8.78 Å². The molecule has 4 rings (SSSR count). The lowest BCUT2D eigenvalue weighted by atomic mass is 9.86. The lowest BCUT2D eigenvalue weighted by Crippen LogP contribution is -2.44. The summed E-state index contributed by atoms with van der Waals surface area (Å²) in [7, 11) is 1.29. The summed E-state index contributed by atoms with van der Waals surface area (Å²) >= 11 is 6.40. The predicted molar refractivity (Wildman–Crippen MR) is 135 cm³/mol. The molecule has 1 aliphatic rings. The largest absolute Gasteiger partial charge is 0.494 e. The molecule has 1 atom stereocenters. The van der Waals surface area contributed by atoms with Crippen LogP contribution in [0.1, 0.15) is 37.5 Å². The molecule has 0 aliphatic carbocycles. The van der Waals surface area contributed by atoms with Gasteiger partial charge in [0.1, 0.15) is 18.2 Å². The van der Waals surface area contributed by atoms with Crippen LogP contribution >= 0.6 is 11.6 Å². The number of halogens is 3. The summed E-state index contributed by atoms with van der Waals surface area (Å²) in [5.41, 5.74) is -1.01. The van der Waals surface area contributed by atoms with Crippen LogP contribution in [-0.4, -0.2) is 25.3 Å². The van der Waals surface area contributed by atoms with Gasteiger partial charge in [-0.15, -0.1) is 0 Å². The summed E-state index contributed by atoms with van der Waals surface area (Å²) in [6.07, 6.45) is -0.594. The summed E-state index contributed by atoms with van der Waals surface area (Å²) in [6.45, 7) is 5.22. The van der Waals surface area contributed by atoms with Gasteiger partial charge in [0.05, 0.1) is 23.8 Å². The molecule has 0 fully saturated rings. The normalized spacial score (nSPS) is 16.4. The Morgan fingerprint density at radius 1 is 1.19 bits per heavy atom. The van der Waals surface area contributed by atoms with E-state index in [4.69, 9.17) is 25.8 Å². The van der Waals surface area contributed by atoms with E-state index in [2.05, 4.69) is 5.32 Å². The van der Waals surface area contributed by atoms with Gasteiger partial charge in [-0.05, 0) is 38.5 Å². The molecule has 6 nitrogen and oxygen atoms in total. The minimum Gasteiger partial charge on any atom is -0.494 e. The monoisotopic (exact) mass is 526 g/mol. The Morgan fingerprint density at radius 2 is 1.89 bits per heavy atom. The highest BCUT2D eigenvalue weighted by Crippen LogP contribution is 2.50. The molecule has 1 heterocycles. The van der Waals surface area contributed by atoms with E-state index in [0.29, 0.717) is 11.1 Å². The highest BCUT2D eigenvalue weighted by Gasteiger charge is 2.45. The van der Waals surface area contributed by atoms with Gasteiger partial charge in [0, 0.05) is 34.7 Å². The maximum atomic E-state index is 15.5. The molecule has 37 heavy (non-hydrogen) atoms. The van der Waals surface area contributed by atoms with Crippen LogP contribution < -0.4 is 14.8 Å². The van der Waals surface area contributed by atoms with Crippen molar-refractivity contribution < 1.29 is 27.8 Å². The van der Waals surface area contributed by atoms with Crippen molar-refractivity contribution in [3.63, 3.8) is 0 Å². The molecule has 192 valence electrons. The first kappa shape index (κ1) is 26.2. The molecule has 0 bridgehead atoms. The summed E-state index contributed by atoms with van der Waals surface area (Å²) in [6, 6.07) is 14.7. The molecule has 0 spiro atoms. The van der Waals surface area contributed by atoms with Crippen LogP contribution in [0.15, 0.2) is 48.5 Å². The molecular weight excluding hydrogens is 502 g/mol. The number of fused-ring (bicyclic) bond motifs is 1. The highest BCUT2D eigenvalue weighted by molar-refractivity contribution is 6.34.